The lowest BCUT2D eigenvalue weighted by Crippen LogP contribution is -1.99. The molecule has 0 bridgehead atoms. The summed E-state index contributed by atoms with van der Waals surface area (Å²) >= 11 is 0. The molecule has 1 aliphatic rings. The Bertz CT molecular complexity index is 386. The van der Waals surface area contributed by atoms with E-state index in [4.69, 9.17) is 0 Å². The van der Waals surface area contributed by atoms with Gasteiger partial charge in [0.15, 0.2) is 0 Å². The molecule has 0 heterocycles. The molecule has 0 spiro atoms. The fourth-order valence-electron chi connectivity index (χ4n) is 2.00. The summed E-state index contributed by atoms with van der Waals surface area (Å²) in [5, 5.41) is 9.33. The smallest absolute Gasteiger partial charge is 0.0647 e. The maximum Gasteiger partial charge on any atom is 0.0647 e. The summed E-state index contributed by atoms with van der Waals surface area (Å²) in [6.45, 7) is 4.42. The molecule has 0 aliphatic heterocycles. The van der Waals surface area contributed by atoms with Crippen molar-refractivity contribution in [2.24, 2.45) is 5.92 Å². The van der Waals surface area contributed by atoms with Gasteiger partial charge in [-0.15, -0.1) is 0 Å². The van der Waals surface area contributed by atoms with E-state index in [9.17, 15) is 5.11 Å². The largest absolute Gasteiger partial charge is 0.392 e. The summed E-state index contributed by atoms with van der Waals surface area (Å²) < 4.78 is 0. The lowest BCUT2D eigenvalue weighted by Gasteiger charge is -2.10. The van der Waals surface area contributed by atoms with E-state index >= 15 is 0 Å². The third-order valence-corrected chi connectivity index (χ3v) is 3.28. The second-order valence-corrected chi connectivity index (χ2v) is 4.94. The third-order valence-electron chi connectivity index (χ3n) is 3.28. The molecular weight excluding hydrogens is 196 g/mol. The van der Waals surface area contributed by atoms with Gasteiger partial charge >= 0.3 is 0 Å². The van der Waals surface area contributed by atoms with Crippen LogP contribution in [-0.4, -0.2) is 11.7 Å². The van der Waals surface area contributed by atoms with Gasteiger partial charge in [0.25, 0.3) is 0 Å². The fourth-order valence-corrected chi connectivity index (χ4v) is 2.00. The van der Waals surface area contributed by atoms with Crippen LogP contribution in [0.15, 0.2) is 29.8 Å². The van der Waals surface area contributed by atoms with Crippen molar-refractivity contribution in [1.29, 1.82) is 0 Å². The van der Waals surface area contributed by atoms with Crippen molar-refractivity contribution in [1.82, 2.24) is 0 Å². The average Bonchev–Trinajstić information content (AvgIpc) is 3.09. The summed E-state index contributed by atoms with van der Waals surface area (Å²) in [6.07, 6.45) is 4.81. The van der Waals surface area contributed by atoms with Gasteiger partial charge in [-0.1, -0.05) is 44.2 Å². The predicted molar refractivity (Wildman–Crippen MR) is 68.3 cm³/mol. The van der Waals surface area contributed by atoms with Gasteiger partial charge in [-0.05, 0) is 41.4 Å². The first-order chi connectivity index (χ1) is 7.72. The van der Waals surface area contributed by atoms with Crippen LogP contribution in [0, 0.1) is 5.92 Å². The van der Waals surface area contributed by atoms with Crippen molar-refractivity contribution in [3.05, 3.63) is 41.0 Å². The van der Waals surface area contributed by atoms with Crippen LogP contribution < -0.4 is 0 Å². The van der Waals surface area contributed by atoms with E-state index in [1.807, 2.05) is 0 Å². The van der Waals surface area contributed by atoms with E-state index in [2.05, 4.69) is 44.2 Å². The van der Waals surface area contributed by atoms with Crippen molar-refractivity contribution >= 4 is 6.08 Å². The molecular formula is C15H20O. The molecule has 0 unspecified atom stereocenters. The Kier molecular flexibility index (Phi) is 3.45. The van der Waals surface area contributed by atoms with Crippen molar-refractivity contribution in [2.75, 3.05) is 6.61 Å². The minimum atomic E-state index is 0.163. The number of hydrogen-bond donors (Lipinski definition) is 1. The molecule has 16 heavy (non-hydrogen) atoms. The molecule has 1 saturated carbocycles. The molecule has 0 radical (unpaired) electrons. The molecule has 1 fully saturated rings. The zero-order chi connectivity index (χ0) is 11.5. The van der Waals surface area contributed by atoms with Crippen molar-refractivity contribution in [3.8, 4) is 0 Å². The monoisotopic (exact) mass is 216 g/mol. The van der Waals surface area contributed by atoms with Gasteiger partial charge in [0, 0.05) is 0 Å². The summed E-state index contributed by atoms with van der Waals surface area (Å²) in [4.78, 5) is 0. The van der Waals surface area contributed by atoms with E-state index in [0.29, 0.717) is 5.92 Å². The second kappa shape index (κ2) is 4.84. The molecule has 1 heteroatoms. The summed E-state index contributed by atoms with van der Waals surface area (Å²) in [5.74, 6) is 1.18. The number of aliphatic hydroxyl groups excluding tert-OH is 1. The number of rotatable bonds is 4. The Balaban J connectivity index is 2.32. The molecule has 1 N–H and O–H groups in total. The highest BCUT2D eigenvalue weighted by molar-refractivity contribution is 5.58. The molecule has 86 valence electrons. The van der Waals surface area contributed by atoms with E-state index in [1.54, 1.807) is 0 Å². The first-order valence-electron chi connectivity index (χ1n) is 6.12. The maximum atomic E-state index is 9.33. The van der Waals surface area contributed by atoms with Crippen LogP contribution in [0.3, 0.4) is 0 Å². The lowest BCUT2D eigenvalue weighted by atomic mass is 9.97. The molecule has 1 aromatic rings. The van der Waals surface area contributed by atoms with Crippen LogP contribution >= 0.6 is 0 Å². The Labute approximate surface area is 97.8 Å². The normalized spacial score (nSPS) is 16.9. The highest BCUT2D eigenvalue weighted by Crippen LogP contribution is 2.42. The van der Waals surface area contributed by atoms with Crippen LogP contribution in [0.2, 0.25) is 0 Å². The molecule has 0 aromatic heterocycles. The number of aliphatic hydroxyl groups is 1. The number of benzene rings is 1. The predicted octanol–water partition coefficient (Wildman–Crippen LogP) is 3.60. The molecule has 2 rings (SSSR count). The van der Waals surface area contributed by atoms with Crippen LogP contribution in [0.4, 0.5) is 0 Å². The quantitative estimate of drug-likeness (QED) is 0.815. The minimum absolute atomic E-state index is 0.163. The third kappa shape index (κ3) is 2.53. The van der Waals surface area contributed by atoms with Gasteiger partial charge in [0.2, 0.25) is 0 Å². The standard InChI is InChI=1S/C15H20O/c1-11(2)14(10-16)9-13-5-3-4-6-15(13)12-7-8-12/h3-6,9,11-12,16H,7-8,10H2,1-2H3. The fraction of sp³-hybridized carbons (Fsp3) is 0.467. The Morgan fingerprint density at radius 3 is 2.62 bits per heavy atom. The molecule has 0 saturated heterocycles. The summed E-state index contributed by atoms with van der Waals surface area (Å²) in [6, 6.07) is 8.57. The SMILES string of the molecule is CC(C)C(=Cc1ccccc1C1CC1)CO. The van der Waals surface area contributed by atoms with Gasteiger partial charge in [0.05, 0.1) is 6.61 Å². The Hall–Kier alpha value is -1.08. The second-order valence-electron chi connectivity index (χ2n) is 4.94. The Morgan fingerprint density at radius 2 is 2.06 bits per heavy atom. The molecule has 0 amide bonds. The van der Waals surface area contributed by atoms with Gasteiger partial charge in [0.1, 0.15) is 0 Å². The van der Waals surface area contributed by atoms with Gasteiger partial charge in [-0.25, -0.2) is 0 Å². The molecule has 1 aromatic carbocycles. The summed E-state index contributed by atoms with van der Waals surface area (Å²) in [5.41, 5.74) is 3.87. The first-order valence-corrected chi connectivity index (χ1v) is 6.12. The van der Waals surface area contributed by atoms with Crippen molar-refractivity contribution < 1.29 is 5.11 Å². The summed E-state index contributed by atoms with van der Waals surface area (Å²) in [7, 11) is 0. The van der Waals surface area contributed by atoms with Gasteiger partial charge in [-0.2, -0.15) is 0 Å². The van der Waals surface area contributed by atoms with Crippen LogP contribution in [0.1, 0.15) is 43.7 Å². The topological polar surface area (TPSA) is 20.2 Å². The Morgan fingerprint density at radius 1 is 1.38 bits per heavy atom. The van der Waals surface area contributed by atoms with E-state index < -0.39 is 0 Å². The van der Waals surface area contributed by atoms with E-state index in [-0.39, 0.29) is 6.61 Å². The maximum absolute atomic E-state index is 9.33. The van der Waals surface area contributed by atoms with Gasteiger partial charge in [-0.3, -0.25) is 0 Å². The van der Waals surface area contributed by atoms with Crippen LogP contribution in [0.5, 0.6) is 0 Å². The van der Waals surface area contributed by atoms with Crippen LogP contribution in [0.25, 0.3) is 6.08 Å². The number of hydrogen-bond acceptors (Lipinski definition) is 1. The molecule has 1 nitrogen and oxygen atoms in total. The van der Waals surface area contributed by atoms with Gasteiger partial charge < -0.3 is 5.11 Å². The zero-order valence-electron chi connectivity index (χ0n) is 10.1. The molecule has 0 atom stereocenters. The highest BCUT2D eigenvalue weighted by atomic mass is 16.3. The van der Waals surface area contributed by atoms with Crippen molar-refractivity contribution in [2.45, 2.75) is 32.6 Å². The van der Waals surface area contributed by atoms with Crippen LogP contribution in [-0.2, 0) is 0 Å². The molecule has 1 aliphatic carbocycles. The highest BCUT2D eigenvalue weighted by Gasteiger charge is 2.25. The minimum Gasteiger partial charge on any atom is -0.392 e. The first kappa shape index (κ1) is 11.4. The lowest BCUT2D eigenvalue weighted by molar-refractivity contribution is 0.320. The van der Waals surface area contributed by atoms with E-state index in [0.717, 1.165) is 11.5 Å². The van der Waals surface area contributed by atoms with E-state index in [1.165, 1.54) is 24.0 Å². The van der Waals surface area contributed by atoms with Crippen molar-refractivity contribution in [3.63, 3.8) is 0 Å². The average molecular weight is 216 g/mol. The zero-order valence-corrected chi connectivity index (χ0v) is 10.1.